The van der Waals surface area contributed by atoms with Gasteiger partial charge in [0.25, 0.3) is 5.91 Å². The van der Waals surface area contributed by atoms with Crippen LogP contribution in [0.3, 0.4) is 0 Å². The van der Waals surface area contributed by atoms with E-state index in [0.29, 0.717) is 29.5 Å². The van der Waals surface area contributed by atoms with E-state index in [9.17, 15) is 13.2 Å². The van der Waals surface area contributed by atoms with Gasteiger partial charge >= 0.3 is 0 Å². The van der Waals surface area contributed by atoms with Gasteiger partial charge in [0, 0.05) is 24.2 Å². The van der Waals surface area contributed by atoms with Crippen LogP contribution in [0.15, 0.2) is 58.8 Å². The standard InChI is InChI=1S/C23H25N3O4S2/c1-17-5-9-19(10-6-17)30-15-22-25-21(16-31-22)23(27)24-18-7-11-20(12-8-18)32(28,29)26-13-3-2-4-14-26/h5-12,16H,2-4,13-15H2,1H3,(H,24,27). The van der Waals surface area contributed by atoms with Crippen molar-refractivity contribution in [3.63, 3.8) is 0 Å². The number of nitrogens with zero attached hydrogens (tertiary/aromatic N) is 2. The highest BCUT2D eigenvalue weighted by molar-refractivity contribution is 7.89. The molecule has 1 amide bonds. The van der Waals surface area contributed by atoms with Gasteiger partial charge in [0.2, 0.25) is 10.0 Å². The highest BCUT2D eigenvalue weighted by Gasteiger charge is 2.25. The summed E-state index contributed by atoms with van der Waals surface area (Å²) in [5.41, 5.74) is 1.96. The lowest BCUT2D eigenvalue weighted by Crippen LogP contribution is -2.35. The lowest BCUT2D eigenvalue weighted by atomic mass is 10.2. The summed E-state index contributed by atoms with van der Waals surface area (Å²) in [6.45, 7) is 3.40. The third-order valence-corrected chi connectivity index (χ3v) is 7.97. The molecular weight excluding hydrogens is 446 g/mol. The number of piperidine rings is 1. The summed E-state index contributed by atoms with van der Waals surface area (Å²) in [5.74, 6) is 0.394. The lowest BCUT2D eigenvalue weighted by Gasteiger charge is -2.25. The Balaban J connectivity index is 1.35. The van der Waals surface area contributed by atoms with E-state index in [1.807, 2.05) is 31.2 Å². The second kappa shape index (κ2) is 9.81. The Morgan fingerprint density at radius 2 is 1.75 bits per heavy atom. The Morgan fingerprint density at radius 1 is 1.06 bits per heavy atom. The number of anilines is 1. The summed E-state index contributed by atoms with van der Waals surface area (Å²) in [6, 6.07) is 14.0. The Bertz CT molecular complexity index is 1170. The fourth-order valence-corrected chi connectivity index (χ4v) is 5.62. The molecule has 0 aliphatic carbocycles. The molecule has 0 saturated carbocycles. The summed E-state index contributed by atoms with van der Waals surface area (Å²) in [6.07, 6.45) is 2.84. The lowest BCUT2D eigenvalue weighted by molar-refractivity contribution is 0.102. The van der Waals surface area contributed by atoms with Crippen LogP contribution in [0.1, 0.15) is 40.3 Å². The molecule has 168 valence electrons. The van der Waals surface area contributed by atoms with Gasteiger partial charge in [-0.1, -0.05) is 24.1 Å². The molecule has 1 aromatic heterocycles. The number of hydrogen-bond donors (Lipinski definition) is 1. The Kier molecular flexibility index (Phi) is 6.88. The molecule has 32 heavy (non-hydrogen) atoms. The number of aromatic nitrogens is 1. The molecule has 0 spiro atoms. The van der Waals surface area contributed by atoms with Crippen LogP contribution < -0.4 is 10.1 Å². The number of carbonyl (C=O) groups excluding carboxylic acids is 1. The van der Waals surface area contributed by atoms with Gasteiger partial charge in [0.05, 0.1) is 4.90 Å². The monoisotopic (exact) mass is 471 g/mol. The minimum Gasteiger partial charge on any atom is -0.486 e. The summed E-state index contributed by atoms with van der Waals surface area (Å²) in [4.78, 5) is 17.1. The summed E-state index contributed by atoms with van der Waals surface area (Å²) < 4.78 is 32.7. The molecule has 1 aliphatic rings. The number of aryl methyl sites for hydroxylation is 1. The first-order chi connectivity index (χ1) is 15.4. The zero-order valence-corrected chi connectivity index (χ0v) is 19.4. The zero-order valence-electron chi connectivity index (χ0n) is 17.8. The fraction of sp³-hybridized carbons (Fsp3) is 0.304. The van der Waals surface area contributed by atoms with Crippen LogP contribution in [-0.4, -0.2) is 36.7 Å². The fourth-order valence-electron chi connectivity index (χ4n) is 3.42. The van der Waals surface area contributed by atoms with Crippen molar-refractivity contribution in [3.05, 3.63) is 70.2 Å². The van der Waals surface area contributed by atoms with Crippen LogP contribution in [0.2, 0.25) is 0 Å². The van der Waals surface area contributed by atoms with Gasteiger partial charge in [-0.2, -0.15) is 4.31 Å². The van der Waals surface area contributed by atoms with E-state index in [4.69, 9.17) is 4.74 Å². The molecule has 1 saturated heterocycles. The van der Waals surface area contributed by atoms with Crippen LogP contribution in [0.5, 0.6) is 5.75 Å². The molecule has 0 bridgehead atoms. The third-order valence-electron chi connectivity index (χ3n) is 5.23. The number of hydrogen-bond acceptors (Lipinski definition) is 6. The Labute approximate surface area is 192 Å². The average molecular weight is 472 g/mol. The molecule has 2 heterocycles. The molecule has 0 atom stereocenters. The Hall–Kier alpha value is -2.75. The maximum Gasteiger partial charge on any atom is 0.275 e. The second-order valence-corrected chi connectivity index (χ2v) is 10.6. The molecule has 2 aromatic carbocycles. The molecule has 0 unspecified atom stereocenters. The highest BCUT2D eigenvalue weighted by atomic mass is 32.2. The van der Waals surface area contributed by atoms with Crippen molar-refractivity contribution in [2.24, 2.45) is 0 Å². The predicted octanol–water partition coefficient (Wildman–Crippen LogP) is 4.46. The summed E-state index contributed by atoms with van der Waals surface area (Å²) >= 11 is 1.35. The number of carbonyl (C=O) groups is 1. The highest BCUT2D eigenvalue weighted by Crippen LogP contribution is 2.22. The number of nitrogens with one attached hydrogen (secondary N) is 1. The first kappa shape index (κ1) is 22.4. The number of amides is 1. The largest absolute Gasteiger partial charge is 0.486 e. The minimum atomic E-state index is -3.49. The third kappa shape index (κ3) is 5.35. The number of sulfonamides is 1. The van der Waals surface area contributed by atoms with Crippen molar-refractivity contribution in [2.45, 2.75) is 37.7 Å². The SMILES string of the molecule is Cc1ccc(OCc2nc(C(=O)Nc3ccc(S(=O)(=O)N4CCCCC4)cc3)cs2)cc1. The molecule has 3 aromatic rings. The maximum absolute atomic E-state index is 12.7. The molecule has 7 nitrogen and oxygen atoms in total. The summed E-state index contributed by atoms with van der Waals surface area (Å²) in [5, 5.41) is 5.14. The van der Waals surface area contributed by atoms with Crippen LogP contribution in [0.4, 0.5) is 5.69 Å². The van der Waals surface area contributed by atoms with Crippen molar-refractivity contribution >= 4 is 33.0 Å². The molecule has 1 N–H and O–H groups in total. The number of thiazole rings is 1. The van der Waals surface area contributed by atoms with Crippen molar-refractivity contribution in [1.29, 1.82) is 0 Å². The average Bonchev–Trinajstić information content (AvgIpc) is 3.29. The van der Waals surface area contributed by atoms with Crippen molar-refractivity contribution in [3.8, 4) is 5.75 Å². The molecule has 1 fully saturated rings. The van der Waals surface area contributed by atoms with Crippen LogP contribution in [0.25, 0.3) is 0 Å². The first-order valence-corrected chi connectivity index (χ1v) is 12.8. The van der Waals surface area contributed by atoms with Gasteiger partial charge in [-0.25, -0.2) is 13.4 Å². The summed E-state index contributed by atoms with van der Waals surface area (Å²) in [7, 11) is -3.49. The van der Waals surface area contributed by atoms with E-state index in [2.05, 4.69) is 10.3 Å². The smallest absolute Gasteiger partial charge is 0.275 e. The van der Waals surface area contributed by atoms with E-state index < -0.39 is 10.0 Å². The van der Waals surface area contributed by atoms with Crippen LogP contribution in [0, 0.1) is 6.92 Å². The van der Waals surface area contributed by atoms with Crippen LogP contribution >= 0.6 is 11.3 Å². The van der Waals surface area contributed by atoms with E-state index in [-0.39, 0.29) is 17.4 Å². The van der Waals surface area contributed by atoms with E-state index in [1.165, 1.54) is 27.8 Å². The number of rotatable bonds is 7. The van der Waals surface area contributed by atoms with Gasteiger partial charge in [-0.05, 0) is 56.2 Å². The van der Waals surface area contributed by atoms with Gasteiger partial charge in [-0.3, -0.25) is 4.79 Å². The minimum absolute atomic E-state index is 0.238. The van der Waals surface area contributed by atoms with Crippen molar-refractivity contribution in [2.75, 3.05) is 18.4 Å². The molecule has 4 rings (SSSR count). The van der Waals surface area contributed by atoms with Crippen molar-refractivity contribution < 1.29 is 17.9 Å². The number of benzene rings is 2. The normalized spacial score (nSPS) is 14.8. The number of ether oxygens (including phenoxy) is 1. The molecule has 0 radical (unpaired) electrons. The molecular formula is C23H25N3O4S2. The van der Waals surface area contributed by atoms with Gasteiger partial charge in [0.15, 0.2) is 0 Å². The first-order valence-electron chi connectivity index (χ1n) is 10.5. The van der Waals surface area contributed by atoms with E-state index in [0.717, 1.165) is 30.6 Å². The predicted molar refractivity (Wildman–Crippen MR) is 125 cm³/mol. The molecule has 9 heteroatoms. The van der Waals surface area contributed by atoms with Crippen LogP contribution in [-0.2, 0) is 16.6 Å². The van der Waals surface area contributed by atoms with Gasteiger partial charge < -0.3 is 10.1 Å². The molecule has 1 aliphatic heterocycles. The second-order valence-electron chi connectivity index (χ2n) is 7.67. The maximum atomic E-state index is 12.7. The van der Waals surface area contributed by atoms with E-state index >= 15 is 0 Å². The van der Waals surface area contributed by atoms with Gasteiger partial charge in [-0.15, -0.1) is 11.3 Å². The van der Waals surface area contributed by atoms with E-state index in [1.54, 1.807) is 17.5 Å². The quantitative estimate of drug-likeness (QED) is 0.550. The van der Waals surface area contributed by atoms with Crippen molar-refractivity contribution in [1.82, 2.24) is 9.29 Å². The van der Waals surface area contributed by atoms with Gasteiger partial charge in [0.1, 0.15) is 23.1 Å². The topological polar surface area (TPSA) is 88.6 Å². The zero-order chi connectivity index (χ0) is 22.6. The Morgan fingerprint density at radius 3 is 2.44 bits per heavy atom.